The quantitative estimate of drug-likeness (QED) is 0.665. The third kappa shape index (κ3) is 1.26. The van der Waals surface area contributed by atoms with E-state index in [-0.39, 0.29) is 6.04 Å². The average Bonchev–Trinajstić information content (AvgIpc) is 3.04. The number of amides is 1. The van der Waals surface area contributed by atoms with Crippen molar-refractivity contribution in [1.29, 1.82) is 0 Å². The lowest BCUT2D eigenvalue weighted by Crippen LogP contribution is -2.44. The van der Waals surface area contributed by atoms with Gasteiger partial charge in [-0.15, -0.1) is 0 Å². The second kappa shape index (κ2) is 2.47. The van der Waals surface area contributed by atoms with Crippen LogP contribution in [0, 0.1) is 5.92 Å². The Labute approximate surface area is 78.5 Å². The first-order chi connectivity index (χ1) is 6.25. The lowest BCUT2D eigenvalue weighted by molar-refractivity contribution is -0.132. The molecule has 0 radical (unpaired) electrons. The van der Waals surface area contributed by atoms with Gasteiger partial charge in [0, 0.05) is 19.1 Å². The molecule has 72 valence electrons. The van der Waals surface area contributed by atoms with Gasteiger partial charge in [-0.1, -0.05) is 0 Å². The fourth-order valence-electron chi connectivity index (χ4n) is 2.40. The number of rotatable bonds is 2. The first kappa shape index (κ1) is 7.80. The van der Waals surface area contributed by atoms with Crippen molar-refractivity contribution in [2.24, 2.45) is 5.92 Å². The Hall–Kier alpha value is -0.570. The number of fused-ring (bicyclic) bond motifs is 1. The molecule has 1 amide bonds. The van der Waals surface area contributed by atoms with Crippen molar-refractivity contribution in [3.63, 3.8) is 0 Å². The summed E-state index contributed by atoms with van der Waals surface area (Å²) >= 11 is 0. The van der Waals surface area contributed by atoms with E-state index in [1.165, 1.54) is 19.3 Å². The van der Waals surface area contributed by atoms with Crippen LogP contribution in [0.1, 0.15) is 25.7 Å². The molecule has 1 aliphatic heterocycles. The van der Waals surface area contributed by atoms with Crippen LogP contribution in [-0.4, -0.2) is 36.0 Å². The van der Waals surface area contributed by atoms with Gasteiger partial charge in [0.1, 0.15) is 0 Å². The van der Waals surface area contributed by atoms with Crippen LogP contribution in [0.25, 0.3) is 0 Å². The number of nitrogens with zero attached hydrogens (tertiary/aromatic N) is 1. The van der Waals surface area contributed by atoms with Gasteiger partial charge in [0.15, 0.2) is 0 Å². The predicted molar refractivity (Wildman–Crippen MR) is 49.2 cm³/mol. The molecule has 13 heavy (non-hydrogen) atoms. The molecule has 2 saturated carbocycles. The van der Waals surface area contributed by atoms with Gasteiger partial charge < -0.3 is 10.2 Å². The molecule has 3 fully saturated rings. The Kier molecular flexibility index (Phi) is 1.48. The Morgan fingerprint density at radius 3 is 2.69 bits per heavy atom. The van der Waals surface area contributed by atoms with Crippen molar-refractivity contribution in [2.45, 2.75) is 43.8 Å². The summed E-state index contributed by atoms with van der Waals surface area (Å²) in [4.78, 5) is 13.8. The lowest BCUT2D eigenvalue weighted by Gasteiger charge is -2.21. The van der Waals surface area contributed by atoms with E-state index >= 15 is 0 Å². The van der Waals surface area contributed by atoms with Gasteiger partial charge in [0.2, 0.25) is 5.91 Å². The summed E-state index contributed by atoms with van der Waals surface area (Å²) in [5, 5.41) is 3.40. The number of nitrogens with one attached hydrogen (secondary N) is 1. The number of piperidine rings is 1. The number of carbonyl (C=O) groups excluding carboxylic acids is 1. The zero-order valence-electron chi connectivity index (χ0n) is 7.99. The summed E-state index contributed by atoms with van der Waals surface area (Å²) in [6.07, 6.45) is 4.81. The normalized spacial score (nSPS) is 41.5. The van der Waals surface area contributed by atoms with Gasteiger partial charge in [0.05, 0.1) is 6.04 Å². The fraction of sp³-hybridized carbons (Fsp3) is 0.900. The van der Waals surface area contributed by atoms with Crippen LogP contribution in [0.15, 0.2) is 0 Å². The number of hydrogen-bond acceptors (Lipinski definition) is 2. The van der Waals surface area contributed by atoms with E-state index < -0.39 is 0 Å². The molecule has 1 N–H and O–H groups in total. The lowest BCUT2D eigenvalue weighted by atomic mass is 10.1. The molecule has 0 spiro atoms. The zero-order chi connectivity index (χ0) is 9.00. The molecule has 0 bridgehead atoms. The summed E-state index contributed by atoms with van der Waals surface area (Å²) in [6.45, 7) is 0. The van der Waals surface area contributed by atoms with Crippen LogP contribution in [0.2, 0.25) is 0 Å². The molecule has 3 heteroatoms. The van der Waals surface area contributed by atoms with Gasteiger partial charge in [0.25, 0.3) is 0 Å². The molecule has 2 aliphatic carbocycles. The van der Waals surface area contributed by atoms with E-state index in [9.17, 15) is 4.79 Å². The van der Waals surface area contributed by atoms with Gasteiger partial charge in [-0.05, 0) is 31.6 Å². The zero-order valence-corrected chi connectivity index (χ0v) is 7.99. The van der Waals surface area contributed by atoms with E-state index in [1.807, 2.05) is 11.9 Å². The van der Waals surface area contributed by atoms with Gasteiger partial charge >= 0.3 is 0 Å². The van der Waals surface area contributed by atoms with Crippen molar-refractivity contribution < 1.29 is 4.79 Å². The standard InChI is InChI=1S/C10H16N2O/c1-12(7-2-3-7)10(13)9-5-6-4-8(6)11-9/h6-9,11H,2-5H2,1H3/t6-,8-,9+/m1/s1. The number of likely N-dealkylation sites (N-methyl/N-ethyl adjacent to an activating group) is 1. The van der Waals surface area contributed by atoms with Crippen molar-refractivity contribution in [2.75, 3.05) is 7.05 Å². The Morgan fingerprint density at radius 1 is 1.38 bits per heavy atom. The molecule has 3 rings (SSSR count). The highest BCUT2D eigenvalue weighted by Gasteiger charge is 2.49. The minimum atomic E-state index is 0.148. The molecule has 1 heterocycles. The van der Waals surface area contributed by atoms with Crippen LogP contribution in [0.4, 0.5) is 0 Å². The van der Waals surface area contributed by atoms with Crippen molar-refractivity contribution in [3.8, 4) is 0 Å². The molecule has 0 aromatic carbocycles. The van der Waals surface area contributed by atoms with Crippen molar-refractivity contribution >= 4 is 5.91 Å². The molecule has 3 atom stereocenters. The van der Waals surface area contributed by atoms with E-state index in [4.69, 9.17) is 0 Å². The highest BCUT2D eigenvalue weighted by Crippen LogP contribution is 2.41. The van der Waals surface area contributed by atoms with E-state index in [0.717, 1.165) is 12.3 Å². The van der Waals surface area contributed by atoms with Crippen LogP contribution in [0.5, 0.6) is 0 Å². The van der Waals surface area contributed by atoms with Crippen molar-refractivity contribution in [1.82, 2.24) is 10.2 Å². The monoisotopic (exact) mass is 180 g/mol. The number of carbonyl (C=O) groups is 1. The average molecular weight is 180 g/mol. The highest BCUT2D eigenvalue weighted by atomic mass is 16.2. The second-order valence-corrected chi connectivity index (χ2v) is 4.74. The largest absolute Gasteiger partial charge is 0.341 e. The number of hydrogen-bond donors (Lipinski definition) is 1. The SMILES string of the molecule is CN(C(=O)[C@@H]1C[C@H]2C[C@H]2N1)C1CC1. The van der Waals surface area contributed by atoms with Gasteiger partial charge in [-0.3, -0.25) is 4.79 Å². The Morgan fingerprint density at radius 2 is 2.15 bits per heavy atom. The minimum Gasteiger partial charge on any atom is -0.341 e. The summed E-state index contributed by atoms with van der Waals surface area (Å²) in [5.74, 6) is 1.15. The molecule has 3 aliphatic rings. The maximum atomic E-state index is 11.9. The summed E-state index contributed by atoms with van der Waals surface area (Å²) in [6, 6.07) is 1.39. The van der Waals surface area contributed by atoms with E-state index in [2.05, 4.69) is 5.32 Å². The smallest absolute Gasteiger partial charge is 0.239 e. The molecule has 0 aromatic heterocycles. The fourth-order valence-corrected chi connectivity index (χ4v) is 2.40. The molecule has 1 saturated heterocycles. The third-order valence-corrected chi connectivity index (χ3v) is 3.62. The maximum Gasteiger partial charge on any atom is 0.239 e. The molecule has 3 nitrogen and oxygen atoms in total. The third-order valence-electron chi connectivity index (χ3n) is 3.62. The summed E-state index contributed by atoms with van der Waals surface area (Å²) in [5.41, 5.74) is 0. The van der Waals surface area contributed by atoms with Gasteiger partial charge in [-0.25, -0.2) is 0 Å². The molecule has 0 aromatic rings. The van der Waals surface area contributed by atoms with Crippen LogP contribution in [0.3, 0.4) is 0 Å². The topological polar surface area (TPSA) is 32.3 Å². The Balaban J connectivity index is 1.61. The first-order valence-corrected chi connectivity index (χ1v) is 5.28. The second-order valence-electron chi connectivity index (χ2n) is 4.74. The van der Waals surface area contributed by atoms with Crippen LogP contribution in [-0.2, 0) is 4.79 Å². The van der Waals surface area contributed by atoms with Gasteiger partial charge in [-0.2, -0.15) is 0 Å². The predicted octanol–water partition coefficient (Wildman–Crippen LogP) is 0.358. The maximum absolute atomic E-state index is 11.9. The van der Waals surface area contributed by atoms with E-state index in [1.54, 1.807) is 0 Å². The first-order valence-electron chi connectivity index (χ1n) is 5.28. The molecular formula is C10H16N2O. The van der Waals surface area contributed by atoms with Crippen LogP contribution < -0.4 is 5.32 Å². The summed E-state index contributed by atoms with van der Waals surface area (Å²) < 4.78 is 0. The highest BCUT2D eigenvalue weighted by molar-refractivity contribution is 5.83. The van der Waals surface area contributed by atoms with Crippen LogP contribution >= 0.6 is 0 Å². The molecule has 0 unspecified atom stereocenters. The summed E-state index contributed by atoms with van der Waals surface area (Å²) in [7, 11) is 1.95. The molecular weight excluding hydrogens is 164 g/mol. The van der Waals surface area contributed by atoms with Crippen molar-refractivity contribution in [3.05, 3.63) is 0 Å². The Bertz CT molecular complexity index is 239. The van der Waals surface area contributed by atoms with E-state index in [0.29, 0.717) is 18.0 Å². The minimum absolute atomic E-state index is 0.148.